The van der Waals surface area contributed by atoms with Crippen LogP contribution in [0.15, 0.2) is 0 Å². The van der Waals surface area contributed by atoms with E-state index in [2.05, 4.69) is 16.0 Å². The van der Waals surface area contributed by atoms with Gasteiger partial charge in [-0.3, -0.25) is 33.6 Å². The minimum atomic E-state index is -1.28. The van der Waals surface area contributed by atoms with E-state index in [1.165, 1.54) is 19.1 Å². The van der Waals surface area contributed by atoms with E-state index in [1.807, 2.05) is 20.8 Å². The number of amides is 5. The highest BCUT2D eigenvalue weighted by molar-refractivity contribution is 5.99. The molecule has 226 valence electrons. The molecule has 0 radical (unpaired) electrons. The third-order valence-corrected chi connectivity index (χ3v) is 7.98. The fourth-order valence-electron chi connectivity index (χ4n) is 5.03. The van der Waals surface area contributed by atoms with E-state index in [0.717, 1.165) is 17.9 Å². The molecule has 0 aromatic carbocycles. The van der Waals surface area contributed by atoms with Crippen LogP contribution < -0.4 is 16.0 Å². The molecule has 2 aliphatic rings. The summed E-state index contributed by atoms with van der Waals surface area (Å²) in [6.07, 6.45) is 5.34. The van der Waals surface area contributed by atoms with Crippen molar-refractivity contribution in [2.24, 2.45) is 5.92 Å². The molecule has 0 bridgehead atoms. The Hall–Kier alpha value is -3.02. The van der Waals surface area contributed by atoms with Gasteiger partial charge in [0.25, 0.3) is 0 Å². The number of hydrogen-bond acceptors (Lipinski definition) is 7. The molecule has 1 unspecified atom stereocenters. The zero-order valence-corrected chi connectivity index (χ0v) is 24.6. The van der Waals surface area contributed by atoms with Gasteiger partial charge < -0.3 is 20.9 Å². The fraction of sp³-hybridized carbons (Fsp3) is 0.786. The second kappa shape index (κ2) is 16.3. The zero-order valence-electron chi connectivity index (χ0n) is 24.6. The Morgan fingerprint density at radius 3 is 2.30 bits per heavy atom. The van der Waals surface area contributed by atoms with Gasteiger partial charge in [0, 0.05) is 26.4 Å². The van der Waals surface area contributed by atoms with Crippen LogP contribution in [0.5, 0.6) is 0 Å². The zero-order chi connectivity index (χ0) is 29.8. The predicted molar refractivity (Wildman–Crippen MR) is 147 cm³/mol. The number of nitrogens with zero attached hydrogens (tertiary/aromatic N) is 2. The molecule has 0 saturated carbocycles. The van der Waals surface area contributed by atoms with E-state index in [9.17, 15) is 28.8 Å². The monoisotopic (exact) mass is 565 g/mol. The summed E-state index contributed by atoms with van der Waals surface area (Å²) in [6, 6.07) is -3.91. The second-order valence-electron chi connectivity index (χ2n) is 10.8. The first-order chi connectivity index (χ1) is 19.0. The lowest BCUT2D eigenvalue weighted by Crippen LogP contribution is -2.64. The van der Waals surface area contributed by atoms with Crippen LogP contribution in [0, 0.1) is 5.92 Å². The van der Waals surface area contributed by atoms with Crippen LogP contribution in [0.2, 0.25) is 0 Å². The molecule has 5 amide bonds. The molecule has 2 fully saturated rings. The number of nitrogens with one attached hydrogen (secondary N) is 3. The Morgan fingerprint density at radius 1 is 0.975 bits per heavy atom. The lowest BCUT2D eigenvalue weighted by Gasteiger charge is -2.39. The highest BCUT2D eigenvalue weighted by Crippen LogP contribution is 2.22. The third kappa shape index (κ3) is 9.28. The normalized spacial score (nSPS) is 25.0. The largest absolute Gasteiger partial charge is 0.343 e. The maximum absolute atomic E-state index is 13.8. The Balaban J connectivity index is 2.37. The number of carbonyl (C=O) groups is 6. The van der Waals surface area contributed by atoms with Gasteiger partial charge in [0.15, 0.2) is 0 Å². The predicted octanol–water partition coefficient (Wildman–Crippen LogP) is 1.22. The number of rotatable bonds is 12. The van der Waals surface area contributed by atoms with Crippen molar-refractivity contribution >= 4 is 35.3 Å². The number of ketones is 1. The Morgan fingerprint density at radius 2 is 1.65 bits per heavy atom. The Kier molecular flexibility index (Phi) is 13.5. The molecule has 3 N–H and O–H groups in total. The molecule has 12 nitrogen and oxygen atoms in total. The van der Waals surface area contributed by atoms with Crippen LogP contribution >= 0.6 is 0 Å². The first-order valence-corrected chi connectivity index (χ1v) is 14.6. The van der Waals surface area contributed by atoms with Gasteiger partial charge in [0.1, 0.15) is 30.0 Å². The van der Waals surface area contributed by atoms with Gasteiger partial charge >= 0.3 is 0 Å². The lowest BCUT2D eigenvalue weighted by molar-refractivity contribution is -0.169. The molecule has 0 aromatic heterocycles. The van der Waals surface area contributed by atoms with Crippen molar-refractivity contribution < 1.29 is 33.6 Å². The average molecular weight is 566 g/mol. The minimum Gasteiger partial charge on any atom is -0.343 e. The first-order valence-electron chi connectivity index (χ1n) is 14.6. The molecule has 5 atom stereocenters. The number of fused-ring (bicyclic) bond motifs is 1. The standard InChI is InChI=1S/C28H47N5O7/c1-6-18(3)24-28(39)33-16-12-11-15-22(33)27(38)29-20(14-10-8-9-13-19(34)7-2)25(36)30-21(26(37)31-24)17-23(35)32(4)40-5/h18,20-22,24H,6-17H2,1-5H3,(H,29,38)(H,30,36)(H,31,37)/t18?,20-,21-,22+,24-/m0/s1. The Bertz CT molecular complexity index is 927. The summed E-state index contributed by atoms with van der Waals surface area (Å²) in [5, 5.41) is 9.23. The molecule has 0 aromatic rings. The van der Waals surface area contributed by atoms with Crippen molar-refractivity contribution in [1.29, 1.82) is 0 Å². The summed E-state index contributed by atoms with van der Waals surface area (Å²) < 4.78 is 0. The van der Waals surface area contributed by atoms with Crippen molar-refractivity contribution in [3.05, 3.63) is 0 Å². The minimum absolute atomic E-state index is 0.175. The highest BCUT2D eigenvalue weighted by Gasteiger charge is 2.41. The van der Waals surface area contributed by atoms with Crippen LogP contribution in [0.4, 0.5) is 0 Å². The second-order valence-corrected chi connectivity index (χ2v) is 10.8. The number of hydrogen-bond donors (Lipinski definition) is 3. The van der Waals surface area contributed by atoms with Gasteiger partial charge in [0.05, 0.1) is 13.5 Å². The van der Waals surface area contributed by atoms with Crippen molar-refractivity contribution in [1.82, 2.24) is 25.9 Å². The van der Waals surface area contributed by atoms with Gasteiger partial charge in [-0.25, -0.2) is 5.06 Å². The number of piperidine rings is 1. The van der Waals surface area contributed by atoms with Crippen LogP contribution in [-0.4, -0.2) is 90.2 Å². The topological polar surface area (TPSA) is 154 Å². The van der Waals surface area contributed by atoms with Gasteiger partial charge in [-0.2, -0.15) is 0 Å². The molecule has 2 heterocycles. The van der Waals surface area contributed by atoms with E-state index < -0.39 is 54.2 Å². The van der Waals surface area contributed by atoms with E-state index >= 15 is 0 Å². The number of carbonyl (C=O) groups excluding carboxylic acids is 6. The first kappa shape index (κ1) is 33.2. The number of hydroxylamine groups is 2. The van der Waals surface area contributed by atoms with Crippen LogP contribution in [0.25, 0.3) is 0 Å². The van der Waals surface area contributed by atoms with Crippen LogP contribution in [0.3, 0.4) is 0 Å². The summed E-state index contributed by atoms with van der Waals surface area (Å²) in [7, 11) is 2.70. The van der Waals surface area contributed by atoms with Gasteiger partial charge in [-0.15, -0.1) is 0 Å². The molecule has 0 spiro atoms. The van der Waals surface area contributed by atoms with Crippen molar-refractivity contribution in [3.8, 4) is 0 Å². The maximum atomic E-state index is 13.8. The van der Waals surface area contributed by atoms with Gasteiger partial charge in [-0.05, 0) is 38.0 Å². The van der Waals surface area contributed by atoms with Gasteiger partial charge in [-0.1, -0.05) is 40.0 Å². The molecule has 2 aliphatic heterocycles. The molecule has 12 heteroatoms. The van der Waals surface area contributed by atoms with Gasteiger partial charge in [0.2, 0.25) is 29.5 Å². The molecule has 0 aliphatic carbocycles. The van der Waals surface area contributed by atoms with E-state index in [0.29, 0.717) is 51.5 Å². The third-order valence-electron chi connectivity index (χ3n) is 7.98. The molecule has 2 saturated heterocycles. The molecule has 40 heavy (non-hydrogen) atoms. The summed E-state index contributed by atoms with van der Waals surface area (Å²) >= 11 is 0. The van der Waals surface area contributed by atoms with Crippen LogP contribution in [0.1, 0.15) is 91.4 Å². The van der Waals surface area contributed by atoms with Crippen molar-refractivity contribution in [2.45, 2.75) is 116 Å². The van der Waals surface area contributed by atoms with Crippen molar-refractivity contribution in [3.63, 3.8) is 0 Å². The number of unbranched alkanes of at least 4 members (excludes halogenated alkanes) is 2. The molecular weight excluding hydrogens is 518 g/mol. The van der Waals surface area contributed by atoms with Crippen molar-refractivity contribution in [2.75, 3.05) is 20.7 Å². The average Bonchev–Trinajstić information content (AvgIpc) is 2.96. The Labute approximate surface area is 237 Å². The summed E-state index contributed by atoms with van der Waals surface area (Å²) in [5.74, 6) is -2.59. The quantitative estimate of drug-likeness (QED) is 0.237. The molecule has 2 rings (SSSR count). The smallest absolute Gasteiger partial charge is 0.248 e. The maximum Gasteiger partial charge on any atom is 0.248 e. The van der Waals surface area contributed by atoms with E-state index in [4.69, 9.17) is 4.84 Å². The SMILES string of the molecule is CCC(=O)CCCCC[C@@H]1NC(=O)[C@H]2CCCCN2C(=O)[C@H](C(C)CC)NC(=O)[C@H](CC(=O)N(C)OC)NC1=O. The summed E-state index contributed by atoms with van der Waals surface area (Å²) in [5.41, 5.74) is 0. The van der Waals surface area contributed by atoms with Crippen LogP contribution in [-0.2, 0) is 33.6 Å². The highest BCUT2D eigenvalue weighted by atomic mass is 16.7. The summed E-state index contributed by atoms with van der Waals surface area (Å²) in [6.45, 7) is 5.94. The fourth-order valence-corrected chi connectivity index (χ4v) is 5.03. The summed E-state index contributed by atoms with van der Waals surface area (Å²) in [4.78, 5) is 85.0. The lowest BCUT2D eigenvalue weighted by atomic mass is 9.93. The van der Waals surface area contributed by atoms with E-state index in [1.54, 1.807) is 0 Å². The van der Waals surface area contributed by atoms with E-state index in [-0.39, 0.29) is 24.0 Å². The number of Topliss-reactive ketones (excluding diaryl/α,β-unsaturated/α-hetero) is 1. The molecular formula is C28H47N5O7.